The first-order chi connectivity index (χ1) is 12.1. The number of rotatable bonds is 4. The third kappa shape index (κ3) is 3.34. The molecule has 1 aliphatic heterocycles. The number of amides is 1. The average Bonchev–Trinajstić information content (AvgIpc) is 3.23. The Labute approximate surface area is 155 Å². The van der Waals surface area contributed by atoms with Crippen LogP contribution in [0.15, 0.2) is 35.7 Å². The summed E-state index contributed by atoms with van der Waals surface area (Å²) in [7, 11) is 1.89. The van der Waals surface area contributed by atoms with Crippen molar-refractivity contribution in [3.8, 4) is 0 Å². The van der Waals surface area contributed by atoms with Gasteiger partial charge in [-0.25, -0.2) is 4.98 Å². The summed E-state index contributed by atoms with van der Waals surface area (Å²) in [5.74, 6) is 0.194. The van der Waals surface area contributed by atoms with E-state index in [0.717, 1.165) is 23.5 Å². The second kappa shape index (κ2) is 6.86. The van der Waals surface area contributed by atoms with Crippen molar-refractivity contribution >= 4 is 38.8 Å². The molecule has 3 heterocycles. The molecule has 1 amide bonds. The molecule has 2 atom stereocenters. The molecule has 2 aromatic heterocycles. The van der Waals surface area contributed by atoms with Crippen LogP contribution in [0, 0.1) is 0 Å². The molecule has 0 aliphatic carbocycles. The molecule has 1 aromatic carbocycles. The maximum absolute atomic E-state index is 12.7. The van der Waals surface area contributed by atoms with Gasteiger partial charge in [0, 0.05) is 23.9 Å². The number of carbonyl (C=O) groups is 1. The number of fused-ring (bicyclic) bond motifs is 2. The lowest BCUT2D eigenvalue weighted by Crippen LogP contribution is -3.14. The molecule has 25 heavy (non-hydrogen) atoms. The van der Waals surface area contributed by atoms with Crippen LogP contribution in [-0.4, -0.2) is 35.9 Å². The van der Waals surface area contributed by atoms with Gasteiger partial charge in [-0.1, -0.05) is 12.1 Å². The number of nitrogens with zero attached hydrogens (tertiary/aromatic N) is 2. The lowest BCUT2D eigenvalue weighted by molar-refractivity contribution is -0.924. The van der Waals surface area contributed by atoms with Crippen LogP contribution in [0.3, 0.4) is 0 Å². The van der Waals surface area contributed by atoms with E-state index in [1.54, 1.807) is 11.3 Å². The first-order valence-electron chi connectivity index (χ1n) is 8.61. The van der Waals surface area contributed by atoms with Gasteiger partial charge in [-0.3, -0.25) is 4.79 Å². The Hall–Kier alpha value is -1.76. The fourth-order valence-electron chi connectivity index (χ4n) is 3.50. The van der Waals surface area contributed by atoms with E-state index in [2.05, 4.69) is 29.4 Å². The Balaban J connectivity index is 1.41. The molecule has 0 saturated heterocycles. The maximum Gasteiger partial charge on any atom is 0.277 e. The number of hydrogen-bond donors (Lipinski definition) is 1. The van der Waals surface area contributed by atoms with Crippen molar-refractivity contribution in [2.75, 3.05) is 20.1 Å². The van der Waals surface area contributed by atoms with Crippen molar-refractivity contribution < 1.29 is 9.69 Å². The van der Waals surface area contributed by atoms with Crippen LogP contribution >= 0.6 is 22.7 Å². The minimum absolute atomic E-state index is 0.194. The Morgan fingerprint density at radius 2 is 2.20 bits per heavy atom. The number of quaternary nitrogens is 1. The van der Waals surface area contributed by atoms with E-state index in [1.807, 2.05) is 41.5 Å². The standard InChI is InChI=1S/C19H21N3OS2/c1-13-14-8-10-24-16(14)7-9-22(13)12-19(23)21(2)11-18-20-15-5-3-4-6-17(15)25-18/h3-6,8,10,13H,7,9,11-12H2,1-2H3/p+1/t13-/m0/s1. The molecule has 0 spiro atoms. The van der Waals surface area contributed by atoms with Gasteiger partial charge >= 0.3 is 0 Å². The largest absolute Gasteiger partial charge is 0.334 e. The second-order valence-electron chi connectivity index (χ2n) is 6.68. The van der Waals surface area contributed by atoms with E-state index in [9.17, 15) is 4.79 Å². The van der Waals surface area contributed by atoms with Crippen LogP contribution in [0.25, 0.3) is 10.2 Å². The summed E-state index contributed by atoms with van der Waals surface area (Å²) in [6.07, 6.45) is 1.08. The highest BCUT2D eigenvalue weighted by Gasteiger charge is 2.30. The Bertz CT molecular complexity index is 868. The minimum Gasteiger partial charge on any atom is -0.334 e. The average molecular weight is 373 g/mol. The second-order valence-corrected chi connectivity index (χ2v) is 8.80. The van der Waals surface area contributed by atoms with Crippen molar-refractivity contribution in [2.24, 2.45) is 0 Å². The van der Waals surface area contributed by atoms with Crippen molar-refractivity contribution in [1.82, 2.24) is 9.88 Å². The third-order valence-corrected chi connectivity index (χ3v) is 7.06. The molecular weight excluding hydrogens is 350 g/mol. The lowest BCUT2D eigenvalue weighted by atomic mass is 10.0. The number of aromatic nitrogens is 1. The fourth-order valence-corrected chi connectivity index (χ4v) is 5.50. The Morgan fingerprint density at radius 3 is 3.04 bits per heavy atom. The predicted molar refractivity (Wildman–Crippen MR) is 103 cm³/mol. The summed E-state index contributed by atoms with van der Waals surface area (Å²) in [6, 6.07) is 10.7. The number of thiophene rings is 1. The Kier molecular flexibility index (Phi) is 4.58. The number of thiazole rings is 1. The minimum atomic E-state index is 0.194. The Morgan fingerprint density at radius 1 is 1.36 bits per heavy atom. The van der Waals surface area contributed by atoms with Gasteiger partial charge in [0.15, 0.2) is 6.54 Å². The molecule has 0 fully saturated rings. The fraction of sp³-hybridized carbons (Fsp3) is 0.368. The number of benzene rings is 1. The van der Waals surface area contributed by atoms with E-state index < -0.39 is 0 Å². The van der Waals surface area contributed by atoms with Gasteiger partial charge < -0.3 is 9.80 Å². The molecule has 6 heteroatoms. The maximum atomic E-state index is 12.7. The third-order valence-electron chi connectivity index (χ3n) is 5.05. The smallest absolute Gasteiger partial charge is 0.277 e. The SMILES string of the molecule is C[C@H]1c2ccsc2CC[NH+]1CC(=O)N(C)Cc1nc2ccccc2s1. The van der Waals surface area contributed by atoms with Gasteiger partial charge in [0.25, 0.3) is 5.91 Å². The van der Waals surface area contributed by atoms with E-state index in [0.29, 0.717) is 19.1 Å². The highest BCUT2D eigenvalue weighted by Crippen LogP contribution is 2.25. The van der Waals surface area contributed by atoms with E-state index in [4.69, 9.17) is 0 Å². The zero-order valence-electron chi connectivity index (χ0n) is 14.5. The molecule has 130 valence electrons. The highest BCUT2D eigenvalue weighted by molar-refractivity contribution is 7.18. The molecule has 0 bridgehead atoms. The van der Waals surface area contributed by atoms with Crippen LogP contribution in [-0.2, 0) is 17.8 Å². The number of nitrogens with one attached hydrogen (secondary N) is 1. The topological polar surface area (TPSA) is 37.6 Å². The van der Waals surface area contributed by atoms with Crippen molar-refractivity contribution in [3.05, 3.63) is 51.2 Å². The summed E-state index contributed by atoms with van der Waals surface area (Å²) in [4.78, 5) is 22.0. The molecule has 1 N–H and O–H groups in total. The number of carbonyl (C=O) groups excluding carboxylic acids is 1. The van der Waals surface area contributed by atoms with Crippen LogP contribution in [0.2, 0.25) is 0 Å². The number of para-hydroxylation sites is 1. The summed E-state index contributed by atoms with van der Waals surface area (Å²) in [6.45, 7) is 4.41. The molecule has 0 saturated carbocycles. The molecule has 4 rings (SSSR count). The quantitative estimate of drug-likeness (QED) is 0.764. The normalized spacial score (nSPS) is 19.8. The van der Waals surface area contributed by atoms with E-state index in [1.165, 1.54) is 20.0 Å². The molecule has 3 aromatic rings. The molecule has 1 aliphatic rings. The van der Waals surface area contributed by atoms with E-state index in [-0.39, 0.29) is 5.91 Å². The van der Waals surface area contributed by atoms with Crippen LogP contribution < -0.4 is 4.90 Å². The van der Waals surface area contributed by atoms with Crippen molar-refractivity contribution in [3.63, 3.8) is 0 Å². The van der Waals surface area contributed by atoms with Gasteiger partial charge in [-0.05, 0) is 30.5 Å². The molecule has 1 unspecified atom stereocenters. The monoisotopic (exact) mass is 372 g/mol. The number of likely N-dealkylation sites (N-methyl/N-ethyl adjacent to an activating group) is 1. The lowest BCUT2D eigenvalue weighted by Gasteiger charge is -2.31. The first-order valence-corrected chi connectivity index (χ1v) is 10.3. The summed E-state index contributed by atoms with van der Waals surface area (Å²) < 4.78 is 1.18. The van der Waals surface area contributed by atoms with Crippen LogP contribution in [0.1, 0.15) is 28.4 Å². The van der Waals surface area contributed by atoms with Gasteiger partial charge in [-0.2, -0.15) is 0 Å². The van der Waals surface area contributed by atoms with Crippen LogP contribution in [0.5, 0.6) is 0 Å². The summed E-state index contributed by atoms with van der Waals surface area (Å²) in [5, 5.41) is 3.17. The van der Waals surface area contributed by atoms with Gasteiger partial charge in [-0.15, -0.1) is 22.7 Å². The molecule has 0 radical (unpaired) electrons. The highest BCUT2D eigenvalue weighted by atomic mass is 32.1. The zero-order valence-corrected chi connectivity index (χ0v) is 16.1. The summed E-state index contributed by atoms with van der Waals surface area (Å²) in [5.41, 5.74) is 2.44. The van der Waals surface area contributed by atoms with Crippen molar-refractivity contribution in [1.29, 1.82) is 0 Å². The molecule has 4 nitrogen and oxygen atoms in total. The molecular formula is C19H22N3OS2+. The van der Waals surface area contributed by atoms with Gasteiger partial charge in [0.1, 0.15) is 11.0 Å². The van der Waals surface area contributed by atoms with Crippen LogP contribution in [0.4, 0.5) is 0 Å². The van der Waals surface area contributed by atoms with Gasteiger partial charge in [0.2, 0.25) is 0 Å². The predicted octanol–water partition coefficient (Wildman–Crippen LogP) is 2.52. The van der Waals surface area contributed by atoms with Crippen molar-refractivity contribution in [2.45, 2.75) is 25.9 Å². The summed E-state index contributed by atoms with van der Waals surface area (Å²) >= 11 is 3.52. The van der Waals surface area contributed by atoms with Gasteiger partial charge in [0.05, 0.1) is 23.3 Å². The first kappa shape index (κ1) is 16.7. The number of hydrogen-bond acceptors (Lipinski definition) is 4. The zero-order chi connectivity index (χ0) is 17.4. The van der Waals surface area contributed by atoms with E-state index >= 15 is 0 Å².